The molecule has 2 aliphatic heterocycles. The minimum Gasteiger partial charge on any atom is -0.481 e. The van der Waals surface area contributed by atoms with Gasteiger partial charge in [0.05, 0.1) is 42.5 Å². The largest absolute Gasteiger partial charge is 0.481 e. The van der Waals surface area contributed by atoms with E-state index in [1.54, 1.807) is 12.1 Å². The van der Waals surface area contributed by atoms with E-state index in [0.29, 0.717) is 70.7 Å². The van der Waals surface area contributed by atoms with E-state index in [-0.39, 0.29) is 37.5 Å². The molecule has 14 heteroatoms. The van der Waals surface area contributed by atoms with E-state index in [2.05, 4.69) is 25.0 Å². The van der Waals surface area contributed by atoms with Gasteiger partial charge < -0.3 is 29.7 Å². The number of hydrogen-bond acceptors (Lipinski definition) is 8. The molecule has 4 heterocycles. The van der Waals surface area contributed by atoms with Gasteiger partial charge in [0, 0.05) is 66.5 Å². The van der Waals surface area contributed by atoms with Gasteiger partial charge in [0.15, 0.2) is 5.82 Å². The fraction of sp³-hybridized carbons (Fsp3) is 0.344. The Hall–Kier alpha value is -4.23. The molecule has 4 aromatic rings. The Kier molecular flexibility index (Phi) is 9.41. The molecular weight excluding hydrogens is 633 g/mol. The molecule has 0 saturated carbocycles. The van der Waals surface area contributed by atoms with Gasteiger partial charge in [-0.15, -0.1) is 10.2 Å². The molecule has 3 N–H and O–H groups in total. The summed E-state index contributed by atoms with van der Waals surface area (Å²) < 4.78 is 7.64. The van der Waals surface area contributed by atoms with Crippen molar-refractivity contribution in [2.75, 3.05) is 33.4 Å². The second kappa shape index (κ2) is 13.6. The smallest absolute Gasteiger partial charge is 0.407 e. The Balaban J connectivity index is 1.28. The SMILES string of the molecule is COc1nc(-c2cccc(-c3cccc(-c4nnc5n4CCN(CCO)C5)c3Cl)c2Cl)ccc1CN(CC1CCC(=O)N1)C(=O)O. The fourth-order valence-electron chi connectivity index (χ4n) is 6.00. The maximum absolute atomic E-state index is 12.0. The van der Waals surface area contributed by atoms with Crippen molar-refractivity contribution in [1.82, 2.24) is 34.9 Å². The Morgan fingerprint density at radius 3 is 2.43 bits per heavy atom. The van der Waals surface area contributed by atoms with Gasteiger partial charge in [-0.1, -0.05) is 53.5 Å². The summed E-state index contributed by atoms with van der Waals surface area (Å²) in [7, 11) is 1.48. The van der Waals surface area contributed by atoms with Crippen LogP contribution in [0.3, 0.4) is 0 Å². The predicted molar refractivity (Wildman–Crippen MR) is 173 cm³/mol. The van der Waals surface area contributed by atoms with Crippen LogP contribution in [-0.2, 0) is 24.4 Å². The van der Waals surface area contributed by atoms with Crippen molar-refractivity contribution in [3.8, 4) is 39.7 Å². The van der Waals surface area contributed by atoms with Crippen LogP contribution >= 0.6 is 23.2 Å². The highest BCUT2D eigenvalue weighted by molar-refractivity contribution is 6.39. The molecule has 2 aromatic carbocycles. The number of halogens is 2. The number of rotatable bonds is 10. The Morgan fingerprint density at radius 1 is 1.04 bits per heavy atom. The molecule has 0 bridgehead atoms. The first-order valence-corrected chi connectivity index (χ1v) is 15.7. The summed E-state index contributed by atoms with van der Waals surface area (Å²) >= 11 is 14.1. The summed E-state index contributed by atoms with van der Waals surface area (Å²) in [6.07, 6.45) is -0.123. The molecule has 0 aliphatic carbocycles. The highest BCUT2D eigenvalue weighted by Gasteiger charge is 2.27. The number of nitrogens with zero attached hydrogens (tertiary/aromatic N) is 6. The average Bonchev–Trinajstić information content (AvgIpc) is 3.66. The van der Waals surface area contributed by atoms with E-state index in [9.17, 15) is 19.8 Å². The molecule has 0 spiro atoms. The van der Waals surface area contributed by atoms with Crippen molar-refractivity contribution in [3.05, 3.63) is 70.0 Å². The minimum atomic E-state index is -1.10. The summed E-state index contributed by atoms with van der Waals surface area (Å²) in [6, 6.07) is 14.7. The second-order valence-corrected chi connectivity index (χ2v) is 12.0. The Bertz CT molecular complexity index is 1780. The van der Waals surface area contributed by atoms with Gasteiger partial charge >= 0.3 is 6.09 Å². The number of ether oxygens (including phenoxy) is 1. The number of nitrogens with one attached hydrogen (secondary N) is 1. The minimum absolute atomic E-state index is 0.0418. The van der Waals surface area contributed by atoms with Gasteiger partial charge in [-0.3, -0.25) is 9.69 Å². The first-order valence-electron chi connectivity index (χ1n) is 14.9. The fourth-order valence-corrected chi connectivity index (χ4v) is 6.64. The lowest BCUT2D eigenvalue weighted by atomic mass is 9.98. The van der Waals surface area contributed by atoms with Gasteiger partial charge in [0.2, 0.25) is 11.8 Å². The van der Waals surface area contributed by atoms with E-state index in [0.717, 1.165) is 23.5 Å². The van der Waals surface area contributed by atoms with Crippen LogP contribution in [0.15, 0.2) is 48.5 Å². The predicted octanol–water partition coefficient (Wildman–Crippen LogP) is 4.56. The number of pyridine rings is 1. The number of carbonyl (C=O) groups is 2. The third-order valence-electron chi connectivity index (χ3n) is 8.34. The molecule has 2 aromatic heterocycles. The van der Waals surface area contributed by atoms with Crippen LogP contribution in [0.5, 0.6) is 5.88 Å². The molecule has 0 radical (unpaired) electrons. The maximum Gasteiger partial charge on any atom is 0.407 e. The Labute approximate surface area is 275 Å². The molecule has 1 atom stereocenters. The van der Waals surface area contributed by atoms with E-state index < -0.39 is 6.09 Å². The maximum atomic E-state index is 12.0. The molecule has 12 nitrogen and oxygen atoms in total. The number of amides is 2. The normalized spacial score (nSPS) is 16.3. The monoisotopic (exact) mass is 665 g/mol. The van der Waals surface area contributed by atoms with Crippen molar-refractivity contribution >= 4 is 35.2 Å². The lowest BCUT2D eigenvalue weighted by molar-refractivity contribution is -0.119. The van der Waals surface area contributed by atoms with Gasteiger partial charge in [0.25, 0.3) is 0 Å². The van der Waals surface area contributed by atoms with Crippen LogP contribution < -0.4 is 10.1 Å². The van der Waals surface area contributed by atoms with Crippen LogP contribution in [0.4, 0.5) is 4.79 Å². The number of aromatic nitrogens is 4. The molecule has 2 aliphatic rings. The summed E-state index contributed by atoms with van der Waals surface area (Å²) in [6.45, 7) is 2.93. The van der Waals surface area contributed by atoms with E-state index in [1.165, 1.54) is 12.0 Å². The first-order chi connectivity index (χ1) is 22.3. The number of hydrogen-bond donors (Lipinski definition) is 3. The number of aliphatic hydroxyl groups excluding tert-OH is 1. The van der Waals surface area contributed by atoms with Crippen LogP contribution in [0.1, 0.15) is 24.2 Å². The van der Waals surface area contributed by atoms with E-state index in [1.807, 2.05) is 36.4 Å². The molecule has 6 rings (SSSR count). The van der Waals surface area contributed by atoms with Gasteiger partial charge in [0.1, 0.15) is 5.82 Å². The van der Waals surface area contributed by atoms with Crippen molar-refractivity contribution in [2.45, 2.75) is 38.5 Å². The van der Waals surface area contributed by atoms with Gasteiger partial charge in [-0.25, -0.2) is 9.78 Å². The third-order valence-corrected chi connectivity index (χ3v) is 9.16. The number of aliphatic hydroxyl groups is 1. The van der Waals surface area contributed by atoms with Crippen LogP contribution in [0, 0.1) is 0 Å². The first kappa shape index (κ1) is 31.7. The van der Waals surface area contributed by atoms with Crippen LogP contribution in [0.2, 0.25) is 10.0 Å². The topological polar surface area (TPSA) is 146 Å². The van der Waals surface area contributed by atoms with Crippen LogP contribution in [-0.4, -0.2) is 91.2 Å². The molecule has 1 saturated heterocycles. The zero-order valence-electron chi connectivity index (χ0n) is 25.1. The highest BCUT2D eigenvalue weighted by atomic mass is 35.5. The quantitative estimate of drug-likeness (QED) is 0.222. The number of carbonyl (C=O) groups excluding carboxylic acids is 1. The summed E-state index contributed by atoms with van der Waals surface area (Å²) in [5.74, 6) is 1.69. The zero-order chi connectivity index (χ0) is 32.4. The molecule has 2 amide bonds. The number of methoxy groups -OCH3 is 1. The van der Waals surface area contributed by atoms with Crippen LogP contribution in [0.25, 0.3) is 33.8 Å². The number of carboxylic acid groups (broad SMARTS) is 1. The van der Waals surface area contributed by atoms with Crippen molar-refractivity contribution in [1.29, 1.82) is 0 Å². The average molecular weight is 667 g/mol. The van der Waals surface area contributed by atoms with Gasteiger partial charge in [-0.2, -0.15) is 0 Å². The summed E-state index contributed by atoms with van der Waals surface area (Å²) in [5, 5.41) is 31.7. The highest BCUT2D eigenvalue weighted by Crippen LogP contribution is 2.42. The van der Waals surface area contributed by atoms with E-state index >= 15 is 0 Å². The number of β-amino-alcohol motifs (C(OH)–C–C–N with tert-alkyl or cyclic N) is 1. The molecule has 46 heavy (non-hydrogen) atoms. The third kappa shape index (κ3) is 6.38. The van der Waals surface area contributed by atoms with Gasteiger partial charge in [-0.05, 0) is 24.6 Å². The Morgan fingerprint density at radius 2 is 1.76 bits per heavy atom. The second-order valence-electron chi connectivity index (χ2n) is 11.3. The van der Waals surface area contributed by atoms with Crippen molar-refractivity contribution in [3.63, 3.8) is 0 Å². The lowest BCUT2D eigenvalue weighted by Crippen LogP contribution is -2.41. The molecule has 1 unspecified atom stereocenters. The molecule has 240 valence electrons. The molecular formula is C32H33Cl2N7O5. The number of benzene rings is 2. The summed E-state index contributed by atoms with van der Waals surface area (Å²) in [5.41, 5.74) is 3.94. The van der Waals surface area contributed by atoms with E-state index in [4.69, 9.17) is 32.9 Å². The summed E-state index contributed by atoms with van der Waals surface area (Å²) in [4.78, 5) is 31.7. The number of fused-ring (bicyclic) bond motifs is 1. The van der Waals surface area contributed by atoms with Crippen molar-refractivity contribution in [2.24, 2.45) is 0 Å². The lowest BCUT2D eigenvalue weighted by Gasteiger charge is -2.27. The standard InChI is InChI=1S/C32H33Cl2N7O5/c1-46-31-19(16-40(32(44)45)17-20-9-11-27(43)35-20)8-10-25(36-31)23-6-2-4-21(28(23)33)22-5-3-7-24(29(22)34)30-38-37-26-18-39(14-15-42)12-13-41(26)30/h2-8,10,20,42H,9,11-18H2,1H3,(H,35,43)(H,44,45). The molecule has 1 fully saturated rings. The zero-order valence-corrected chi connectivity index (χ0v) is 26.6. The van der Waals surface area contributed by atoms with Crippen molar-refractivity contribution < 1.29 is 24.5 Å².